The topological polar surface area (TPSA) is 50.4 Å². The number of thiophene rings is 1. The predicted molar refractivity (Wildman–Crippen MR) is 72.9 cm³/mol. The highest BCUT2D eigenvalue weighted by Crippen LogP contribution is 2.08. The van der Waals surface area contributed by atoms with Crippen molar-refractivity contribution in [2.45, 2.75) is 31.8 Å². The van der Waals surface area contributed by atoms with Crippen molar-refractivity contribution < 1.29 is 9.53 Å². The smallest absolute Gasteiger partial charge is 0.221 e. The van der Waals surface area contributed by atoms with Gasteiger partial charge in [-0.3, -0.25) is 4.79 Å². The van der Waals surface area contributed by atoms with Gasteiger partial charge in [-0.1, -0.05) is 0 Å². The van der Waals surface area contributed by atoms with Crippen molar-refractivity contribution in [1.29, 1.82) is 0 Å². The fourth-order valence-corrected chi connectivity index (χ4v) is 2.80. The lowest BCUT2D eigenvalue weighted by Crippen LogP contribution is -2.45. The third kappa shape index (κ3) is 4.40. The number of ether oxygens (including phenoxy) is 1. The van der Waals surface area contributed by atoms with Gasteiger partial charge in [0.25, 0.3) is 0 Å². The molecule has 2 unspecified atom stereocenters. The minimum Gasteiger partial charge on any atom is -0.378 e. The van der Waals surface area contributed by atoms with E-state index in [0.717, 1.165) is 19.6 Å². The zero-order valence-corrected chi connectivity index (χ0v) is 11.5. The van der Waals surface area contributed by atoms with Crippen molar-refractivity contribution in [3.8, 4) is 0 Å². The average Bonchev–Trinajstić information content (AvgIpc) is 2.82. The zero-order chi connectivity index (χ0) is 12.8. The van der Waals surface area contributed by atoms with Crippen LogP contribution in [0.4, 0.5) is 0 Å². The summed E-state index contributed by atoms with van der Waals surface area (Å²) in [6, 6.07) is 2.44. The van der Waals surface area contributed by atoms with Crippen LogP contribution in [0.1, 0.15) is 18.9 Å². The fraction of sp³-hybridized carbons (Fsp3) is 0.615. The lowest BCUT2D eigenvalue weighted by molar-refractivity contribution is -0.122. The second kappa shape index (κ2) is 6.87. The number of carbonyl (C=O) groups excluding carboxylic acids is 1. The number of amides is 1. The zero-order valence-electron chi connectivity index (χ0n) is 10.6. The number of morpholine rings is 1. The SMILES string of the molecule is CC(Cc1ccsc1)NC(=O)CC1COCCN1. The summed E-state index contributed by atoms with van der Waals surface area (Å²) >= 11 is 1.69. The Morgan fingerprint density at radius 2 is 2.61 bits per heavy atom. The summed E-state index contributed by atoms with van der Waals surface area (Å²) in [5, 5.41) is 10.5. The minimum absolute atomic E-state index is 0.0979. The quantitative estimate of drug-likeness (QED) is 0.843. The lowest BCUT2D eigenvalue weighted by atomic mass is 10.1. The second-order valence-corrected chi connectivity index (χ2v) is 5.51. The molecule has 1 fully saturated rings. The Bertz CT molecular complexity index is 361. The molecule has 0 aromatic carbocycles. The van der Waals surface area contributed by atoms with E-state index >= 15 is 0 Å². The summed E-state index contributed by atoms with van der Waals surface area (Å²) in [4.78, 5) is 11.8. The van der Waals surface area contributed by atoms with Crippen LogP contribution in [0.5, 0.6) is 0 Å². The molecule has 2 N–H and O–H groups in total. The summed E-state index contributed by atoms with van der Waals surface area (Å²) in [7, 11) is 0. The van der Waals surface area contributed by atoms with Crippen molar-refractivity contribution in [3.63, 3.8) is 0 Å². The van der Waals surface area contributed by atoms with Crippen molar-refractivity contribution in [1.82, 2.24) is 10.6 Å². The van der Waals surface area contributed by atoms with Gasteiger partial charge in [-0.25, -0.2) is 0 Å². The van der Waals surface area contributed by atoms with E-state index in [2.05, 4.69) is 27.5 Å². The van der Waals surface area contributed by atoms with Crippen LogP contribution < -0.4 is 10.6 Å². The fourth-order valence-electron chi connectivity index (χ4n) is 2.12. The van der Waals surface area contributed by atoms with Gasteiger partial charge in [0.1, 0.15) is 0 Å². The standard InChI is InChI=1S/C13H20N2O2S/c1-10(6-11-2-5-18-9-11)15-13(16)7-12-8-17-4-3-14-12/h2,5,9-10,12,14H,3-4,6-8H2,1H3,(H,15,16). The largest absolute Gasteiger partial charge is 0.378 e. The first-order chi connectivity index (χ1) is 8.74. The summed E-state index contributed by atoms with van der Waals surface area (Å²) in [5.74, 6) is 0.0979. The second-order valence-electron chi connectivity index (χ2n) is 4.73. The van der Waals surface area contributed by atoms with Gasteiger partial charge in [0.2, 0.25) is 5.91 Å². The first kappa shape index (κ1) is 13.5. The van der Waals surface area contributed by atoms with Gasteiger partial charge in [-0.05, 0) is 35.7 Å². The van der Waals surface area contributed by atoms with Gasteiger partial charge in [0, 0.05) is 25.0 Å². The molecule has 0 saturated carbocycles. The predicted octanol–water partition coefficient (Wildman–Crippen LogP) is 1.17. The first-order valence-corrected chi connectivity index (χ1v) is 7.30. The summed E-state index contributed by atoms with van der Waals surface area (Å²) in [5.41, 5.74) is 1.28. The van der Waals surface area contributed by atoms with E-state index in [0.29, 0.717) is 13.0 Å². The Morgan fingerprint density at radius 1 is 1.72 bits per heavy atom. The Labute approximate surface area is 112 Å². The molecule has 18 heavy (non-hydrogen) atoms. The van der Waals surface area contributed by atoms with Crippen LogP contribution in [0.25, 0.3) is 0 Å². The molecule has 1 aliphatic rings. The van der Waals surface area contributed by atoms with Crippen molar-refractivity contribution in [2.24, 2.45) is 0 Å². The van der Waals surface area contributed by atoms with Crippen LogP contribution in [-0.2, 0) is 16.0 Å². The lowest BCUT2D eigenvalue weighted by Gasteiger charge is -2.24. The van der Waals surface area contributed by atoms with Gasteiger partial charge in [0.15, 0.2) is 0 Å². The van der Waals surface area contributed by atoms with E-state index in [9.17, 15) is 4.79 Å². The summed E-state index contributed by atoms with van der Waals surface area (Å²) in [6.45, 7) is 4.25. The molecular weight excluding hydrogens is 248 g/mol. The Kier molecular flexibility index (Phi) is 5.16. The number of nitrogens with one attached hydrogen (secondary N) is 2. The van der Waals surface area contributed by atoms with E-state index < -0.39 is 0 Å². The van der Waals surface area contributed by atoms with Gasteiger partial charge in [-0.2, -0.15) is 11.3 Å². The molecule has 1 saturated heterocycles. The van der Waals surface area contributed by atoms with Crippen LogP contribution in [0, 0.1) is 0 Å². The third-order valence-corrected chi connectivity index (χ3v) is 3.69. The number of carbonyl (C=O) groups is 1. The molecule has 1 aromatic rings. The van der Waals surface area contributed by atoms with Crippen molar-refractivity contribution in [2.75, 3.05) is 19.8 Å². The summed E-state index contributed by atoms with van der Waals surface area (Å²) in [6.07, 6.45) is 1.39. The van der Waals surface area contributed by atoms with Gasteiger partial charge in [-0.15, -0.1) is 0 Å². The van der Waals surface area contributed by atoms with E-state index in [1.807, 2.05) is 6.92 Å². The van der Waals surface area contributed by atoms with E-state index in [-0.39, 0.29) is 18.0 Å². The van der Waals surface area contributed by atoms with Crippen molar-refractivity contribution in [3.05, 3.63) is 22.4 Å². The summed E-state index contributed by atoms with van der Waals surface area (Å²) < 4.78 is 5.33. The third-order valence-electron chi connectivity index (χ3n) is 2.96. The maximum Gasteiger partial charge on any atom is 0.221 e. The molecule has 1 amide bonds. The van der Waals surface area contributed by atoms with Crippen LogP contribution in [0.15, 0.2) is 16.8 Å². The minimum atomic E-state index is 0.0979. The number of hydrogen-bond donors (Lipinski definition) is 2. The molecule has 4 nitrogen and oxygen atoms in total. The van der Waals surface area contributed by atoms with E-state index in [1.165, 1.54) is 5.56 Å². The van der Waals surface area contributed by atoms with Crippen molar-refractivity contribution >= 4 is 17.2 Å². The highest BCUT2D eigenvalue weighted by molar-refractivity contribution is 7.07. The normalized spacial score (nSPS) is 21.5. The molecule has 100 valence electrons. The van der Waals surface area contributed by atoms with Crippen LogP contribution in [-0.4, -0.2) is 37.7 Å². The monoisotopic (exact) mass is 268 g/mol. The van der Waals surface area contributed by atoms with Gasteiger partial charge >= 0.3 is 0 Å². The molecule has 0 aliphatic carbocycles. The Balaban J connectivity index is 1.69. The molecule has 2 atom stereocenters. The number of rotatable bonds is 5. The highest BCUT2D eigenvalue weighted by Gasteiger charge is 2.17. The molecule has 5 heteroatoms. The Hall–Kier alpha value is -0.910. The van der Waals surface area contributed by atoms with E-state index in [4.69, 9.17) is 4.74 Å². The van der Waals surface area contributed by atoms with Gasteiger partial charge < -0.3 is 15.4 Å². The highest BCUT2D eigenvalue weighted by atomic mass is 32.1. The molecule has 0 radical (unpaired) electrons. The molecule has 0 bridgehead atoms. The molecule has 1 aromatic heterocycles. The Morgan fingerprint density at radius 3 is 3.28 bits per heavy atom. The maximum atomic E-state index is 11.8. The first-order valence-electron chi connectivity index (χ1n) is 6.35. The van der Waals surface area contributed by atoms with E-state index in [1.54, 1.807) is 11.3 Å². The molecule has 2 heterocycles. The molecular formula is C13H20N2O2S. The van der Waals surface area contributed by atoms with Crippen LogP contribution in [0.3, 0.4) is 0 Å². The molecule has 1 aliphatic heterocycles. The molecule has 0 spiro atoms. The van der Waals surface area contributed by atoms with Gasteiger partial charge in [0.05, 0.1) is 13.2 Å². The number of hydrogen-bond acceptors (Lipinski definition) is 4. The van der Waals surface area contributed by atoms with Crippen LogP contribution >= 0.6 is 11.3 Å². The molecule has 2 rings (SSSR count). The van der Waals surface area contributed by atoms with Crippen LogP contribution in [0.2, 0.25) is 0 Å². The maximum absolute atomic E-state index is 11.8. The average molecular weight is 268 g/mol.